The molecule has 0 bridgehead atoms. The van der Waals surface area contributed by atoms with Gasteiger partial charge in [0.2, 0.25) is 0 Å². The Bertz CT molecular complexity index is 422. The second-order valence-corrected chi connectivity index (χ2v) is 4.73. The highest BCUT2D eigenvalue weighted by molar-refractivity contribution is 5.77. The number of hydrogen-bond acceptors (Lipinski definition) is 1. The lowest BCUT2D eigenvalue weighted by Crippen LogP contribution is -2.35. The fourth-order valence-electron chi connectivity index (χ4n) is 2.06. The zero-order valence-electron chi connectivity index (χ0n) is 10.2. The Morgan fingerprint density at radius 3 is 2.59 bits per heavy atom. The molecular weight excluding hydrogens is 217 g/mol. The molecule has 1 aliphatic rings. The van der Waals surface area contributed by atoms with Gasteiger partial charge in [0.1, 0.15) is 5.82 Å². The van der Waals surface area contributed by atoms with E-state index in [0.717, 1.165) is 18.4 Å². The van der Waals surface area contributed by atoms with Crippen molar-refractivity contribution in [2.75, 3.05) is 14.1 Å². The number of benzene rings is 1. The Labute approximate surface area is 101 Å². The molecule has 0 atom stereocenters. The van der Waals surface area contributed by atoms with Gasteiger partial charge in [-0.25, -0.2) is 9.38 Å². The largest absolute Gasteiger partial charge is 0.370 e. The number of hydrogen-bond donors (Lipinski definition) is 1. The molecule has 4 heteroatoms. The summed E-state index contributed by atoms with van der Waals surface area (Å²) in [6.07, 6.45) is 1.77. The van der Waals surface area contributed by atoms with Crippen molar-refractivity contribution < 1.29 is 4.39 Å². The van der Waals surface area contributed by atoms with Crippen LogP contribution in [0.5, 0.6) is 0 Å². The van der Waals surface area contributed by atoms with Crippen molar-refractivity contribution in [3.8, 4) is 0 Å². The number of aliphatic imine (C=N–C) groups is 1. The van der Waals surface area contributed by atoms with Crippen LogP contribution < -0.4 is 5.73 Å². The number of nitrogens with zero attached hydrogens (tertiary/aromatic N) is 2. The first kappa shape index (κ1) is 11.9. The normalized spacial score (nSPS) is 24.3. The number of halogens is 1. The van der Waals surface area contributed by atoms with Gasteiger partial charge in [-0.3, -0.25) is 0 Å². The Morgan fingerprint density at radius 2 is 2.00 bits per heavy atom. The van der Waals surface area contributed by atoms with E-state index in [1.807, 2.05) is 26.2 Å². The van der Waals surface area contributed by atoms with E-state index in [1.165, 1.54) is 6.07 Å². The number of rotatable bonds is 2. The predicted molar refractivity (Wildman–Crippen MR) is 67.5 cm³/mol. The lowest BCUT2D eigenvalue weighted by atomic mass is 9.76. The molecule has 0 spiro atoms. The van der Waals surface area contributed by atoms with Crippen LogP contribution in [0.15, 0.2) is 29.3 Å². The third-order valence-electron chi connectivity index (χ3n) is 3.23. The molecular formula is C13H18FN3. The Kier molecular flexibility index (Phi) is 3.31. The molecule has 0 aliphatic heterocycles. The summed E-state index contributed by atoms with van der Waals surface area (Å²) in [6, 6.07) is 7.21. The van der Waals surface area contributed by atoms with Crippen LogP contribution in [0.3, 0.4) is 0 Å². The Hall–Kier alpha value is -1.58. The van der Waals surface area contributed by atoms with Gasteiger partial charge in [-0.15, -0.1) is 0 Å². The summed E-state index contributed by atoms with van der Waals surface area (Å²) >= 11 is 0. The summed E-state index contributed by atoms with van der Waals surface area (Å²) in [6.45, 7) is 0. The second-order valence-electron chi connectivity index (χ2n) is 4.73. The van der Waals surface area contributed by atoms with Crippen LogP contribution in [0.2, 0.25) is 0 Å². The molecule has 17 heavy (non-hydrogen) atoms. The summed E-state index contributed by atoms with van der Waals surface area (Å²) in [5.74, 6) is 0.724. The van der Waals surface area contributed by atoms with Gasteiger partial charge in [0, 0.05) is 14.1 Å². The van der Waals surface area contributed by atoms with Crippen molar-refractivity contribution in [3.63, 3.8) is 0 Å². The highest BCUT2D eigenvalue weighted by Gasteiger charge is 2.31. The van der Waals surface area contributed by atoms with E-state index in [-0.39, 0.29) is 11.9 Å². The first-order chi connectivity index (χ1) is 8.08. The summed E-state index contributed by atoms with van der Waals surface area (Å²) in [4.78, 5) is 6.17. The van der Waals surface area contributed by atoms with Crippen LogP contribution in [0, 0.1) is 5.82 Å². The predicted octanol–water partition coefficient (Wildman–Crippen LogP) is 1.95. The topological polar surface area (TPSA) is 41.6 Å². The first-order valence-electron chi connectivity index (χ1n) is 5.83. The summed E-state index contributed by atoms with van der Waals surface area (Å²) in [5.41, 5.74) is 6.55. The van der Waals surface area contributed by atoms with Crippen LogP contribution in [0.25, 0.3) is 0 Å². The third-order valence-corrected chi connectivity index (χ3v) is 3.23. The quantitative estimate of drug-likeness (QED) is 0.629. The monoisotopic (exact) mass is 235 g/mol. The van der Waals surface area contributed by atoms with E-state index in [4.69, 9.17) is 5.73 Å². The standard InChI is InChI=1S/C13H18FN3/c1-17(2)13(15)16-10-7-9(8-10)11-5-3-4-6-12(11)14/h3-6,9-10H,7-8H2,1-2H3,(H2,15,16). The summed E-state index contributed by atoms with van der Waals surface area (Å²) in [7, 11) is 3.73. The SMILES string of the molecule is CN(C)C(N)=NC1CC(c2ccccc2F)C1. The van der Waals surface area contributed by atoms with E-state index in [2.05, 4.69) is 4.99 Å². The van der Waals surface area contributed by atoms with E-state index in [1.54, 1.807) is 11.0 Å². The van der Waals surface area contributed by atoms with Crippen LogP contribution in [0.4, 0.5) is 4.39 Å². The van der Waals surface area contributed by atoms with E-state index < -0.39 is 0 Å². The zero-order valence-corrected chi connectivity index (χ0v) is 10.2. The Balaban J connectivity index is 1.96. The average molecular weight is 235 g/mol. The van der Waals surface area contributed by atoms with Crippen LogP contribution in [-0.4, -0.2) is 31.0 Å². The van der Waals surface area contributed by atoms with Gasteiger partial charge < -0.3 is 10.6 Å². The minimum atomic E-state index is -0.111. The molecule has 2 N–H and O–H groups in total. The van der Waals surface area contributed by atoms with Crippen molar-refractivity contribution >= 4 is 5.96 Å². The minimum Gasteiger partial charge on any atom is -0.370 e. The molecule has 1 fully saturated rings. The fourth-order valence-corrected chi connectivity index (χ4v) is 2.06. The molecule has 0 saturated heterocycles. The maximum atomic E-state index is 13.5. The lowest BCUT2D eigenvalue weighted by Gasteiger charge is -2.33. The zero-order chi connectivity index (χ0) is 12.4. The molecule has 1 saturated carbocycles. The minimum absolute atomic E-state index is 0.111. The van der Waals surface area contributed by atoms with Crippen molar-refractivity contribution in [3.05, 3.63) is 35.6 Å². The molecule has 1 aromatic carbocycles. The van der Waals surface area contributed by atoms with Crippen molar-refractivity contribution in [2.45, 2.75) is 24.8 Å². The highest BCUT2D eigenvalue weighted by atomic mass is 19.1. The molecule has 0 aromatic heterocycles. The first-order valence-corrected chi connectivity index (χ1v) is 5.83. The van der Waals surface area contributed by atoms with Crippen molar-refractivity contribution in [1.29, 1.82) is 0 Å². The van der Waals surface area contributed by atoms with Crippen LogP contribution in [-0.2, 0) is 0 Å². The van der Waals surface area contributed by atoms with Crippen LogP contribution >= 0.6 is 0 Å². The van der Waals surface area contributed by atoms with Gasteiger partial charge in [-0.1, -0.05) is 18.2 Å². The molecule has 0 heterocycles. The lowest BCUT2D eigenvalue weighted by molar-refractivity contribution is 0.341. The van der Waals surface area contributed by atoms with Gasteiger partial charge in [-0.05, 0) is 30.4 Å². The molecule has 2 rings (SSSR count). The van der Waals surface area contributed by atoms with Gasteiger partial charge in [0.15, 0.2) is 5.96 Å². The smallest absolute Gasteiger partial charge is 0.190 e. The number of guanidine groups is 1. The maximum absolute atomic E-state index is 13.5. The van der Waals surface area contributed by atoms with Crippen molar-refractivity contribution in [2.24, 2.45) is 10.7 Å². The molecule has 1 aliphatic carbocycles. The van der Waals surface area contributed by atoms with Crippen LogP contribution in [0.1, 0.15) is 24.3 Å². The maximum Gasteiger partial charge on any atom is 0.190 e. The Morgan fingerprint density at radius 1 is 1.35 bits per heavy atom. The highest BCUT2D eigenvalue weighted by Crippen LogP contribution is 2.39. The fraction of sp³-hybridized carbons (Fsp3) is 0.462. The molecule has 92 valence electrons. The molecule has 0 amide bonds. The van der Waals surface area contributed by atoms with E-state index in [9.17, 15) is 4.39 Å². The van der Waals surface area contributed by atoms with E-state index >= 15 is 0 Å². The van der Waals surface area contributed by atoms with Gasteiger partial charge in [0.05, 0.1) is 6.04 Å². The molecule has 0 unspecified atom stereocenters. The molecule has 3 nitrogen and oxygen atoms in total. The van der Waals surface area contributed by atoms with E-state index in [0.29, 0.717) is 11.9 Å². The molecule has 1 aromatic rings. The summed E-state index contributed by atoms with van der Waals surface area (Å²) in [5, 5.41) is 0. The second kappa shape index (κ2) is 4.73. The average Bonchev–Trinajstić information content (AvgIpc) is 2.24. The van der Waals surface area contributed by atoms with Gasteiger partial charge in [-0.2, -0.15) is 0 Å². The number of nitrogens with two attached hydrogens (primary N) is 1. The van der Waals surface area contributed by atoms with Crippen molar-refractivity contribution in [1.82, 2.24) is 4.90 Å². The summed E-state index contributed by atoms with van der Waals surface area (Å²) < 4.78 is 13.5. The molecule has 0 radical (unpaired) electrons. The van der Waals surface area contributed by atoms with Gasteiger partial charge >= 0.3 is 0 Å². The van der Waals surface area contributed by atoms with Gasteiger partial charge in [0.25, 0.3) is 0 Å². The third kappa shape index (κ3) is 2.57.